The molecule has 2 aromatic heterocycles. The Balaban J connectivity index is 2.12. The lowest BCUT2D eigenvalue weighted by molar-refractivity contribution is -0.383. The van der Waals surface area contributed by atoms with Crippen LogP contribution in [0, 0.1) is 10.1 Å². The zero-order valence-corrected chi connectivity index (χ0v) is 12.1. The number of pyridine rings is 2. The fourth-order valence-electron chi connectivity index (χ4n) is 1.94. The molecule has 21 heavy (non-hydrogen) atoms. The van der Waals surface area contributed by atoms with Crippen LogP contribution < -0.4 is 4.74 Å². The monoisotopic (exact) mass is 345 g/mol. The van der Waals surface area contributed by atoms with Crippen molar-refractivity contribution in [3.63, 3.8) is 0 Å². The summed E-state index contributed by atoms with van der Waals surface area (Å²) in [5.41, 5.74) is 0.244. The van der Waals surface area contributed by atoms with Crippen LogP contribution in [-0.4, -0.2) is 14.9 Å². The van der Waals surface area contributed by atoms with E-state index in [2.05, 4.69) is 25.9 Å². The Bertz CT molecular complexity index is 839. The molecule has 0 aliphatic carbocycles. The molecule has 0 bridgehead atoms. The lowest BCUT2D eigenvalue weighted by Crippen LogP contribution is -1.94. The Morgan fingerprint density at radius 2 is 2.10 bits per heavy atom. The topological polar surface area (TPSA) is 78.2 Å². The van der Waals surface area contributed by atoms with Gasteiger partial charge in [-0.25, -0.2) is 4.98 Å². The minimum atomic E-state index is -0.459. The van der Waals surface area contributed by atoms with E-state index in [0.29, 0.717) is 22.4 Å². The quantitative estimate of drug-likeness (QED) is 0.527. The van der Waals surface area contributed by atoms with Crippen LogP contribution in [0.3, 0.4) is 0 Å². The third-order valence-electron chi connectivity index (χ3n) is 2.81. The van der Waals surface area contributed by atoms with Gasteiger partial charge in [-0.05, 0) is 40.2 Å². The molecular weight excluding hydrogens is 338 g/mol. The SMILES string of the molecule is O=[N+]([O-])c1ccc(Oc2cncc(Br)c2)c2cccnc12. The minimum Gasteiger partial charge on any atom is -0.455 e. The maximum absolute atomic E-state index is 11.0. The fourth-order valence-corrected chi connectivity index (χ4v) is 2.29. The third-order valence-corrected chi connectivity index (χ3v) is 3.25. The highest BCUT2D eigenvalue weighted by Gasteiger charge is 2.16. The van der Waals surface area contributed by atoms with Gasteiger partial charge >= 0.3 is 0 Å². The normalized spacial score (nSPS) is 10.5. The molecule has 0 saturated carbocycles. The highest BCUT2D eigenvalue weighted by molar-refractivity contribution is 9.10. The van der Waals surface area contributed by atoms with Crippen LogP contribution in [-0.2, 0) is 0 Å². The number of nitrogens with zero attached hydrogens (tertiary/aromatic N) is 3. The van der Waals surface area contributed by atoms with E-state index in [1.54, 1.807) is 36.7 Å². The molecular formula is C14H8BrN3O3. The number of nitro benzene ring substituents is 1. The van der Waals surface area contributed by atoms with E-state index >= 15 is 0 Å². The lowest BCUT2D eigenvalue weighted by atomic mass is 10.1. The summed E-state index contributed by atoms with van der Waals surface area (Å²) < 4.78 is 6.53. The molecule has 2 heterocycles. The largest absolute Gasteiger partial charge is 0.455 e. The Labute approximate surface area is 127 Å². The molecule has 7 heteroatoms. The van der Waals surface area contributed by atoms with Gasteiger partial charge in [0.05, 0.1) is 11.1 Å². The number of halogens is 1. The fraction of sp³-hybridized carbons (Fsp3) is 0. The van der Waals surface area contributed by atoms with Gasteiger partial charge in [0.15, 0.2) is 5.52 Å². The summed E-state index contributed by atoms with van der Waals surface area (Å²) in [6.45, 7) is 0. The summed E-state index contributed by atoms with van der Waals surface area (Å²) in [6.07, 6.45) is 4.72. The molecule has 0 fully saturated rings. The van der Waals surface area contributed by atoms with Crippen molar-refractivity contribution >= 4 is 32.5 Å². The number of ether oxygens (including phenoxy) is 1. The van der Waals surface area contributed by atoms with Gasteiger partial charge in [-0.3, -0.25) is 15.1 Å². The molecule has 0 N–H and O–H groups in total. The predicted octanol–water partition coefficient (Wildman–Crippen LogP) is 4.09. The highest BCUT2D eigenvalue weighted by Crippen LogP contribution is 2.34. The van der Waals surface area contributed by atoms with E-state index in [-0.39, 0.29) is 5.69 Å². The number of nitro groups is 1. The zero-order valence-electron chi connectivity index (χ0n) is 10.6. The van der Waals surface area contributed by atoms with Crippen molar-refractivity contribution in [1.82, 2.24) is 9.97 Å². The van der Waals surface area contributed by atoms with Crippen molar-refractivity contribution < 1.29 is 9.66 Å². The van der Waals surface area contributed by atoms with E-state index in [1.165, 1.54) is 12.3 Å². The van der Waals surface area contributed by atoms with Gasteiger partial charge in [-0.1, -0.05) is 0 Å². The average Bonchev–Trinajstić information content (AvgIpc) is 2.47. The number of non-ortho nitro benzene ring substituents is 1. The van der Waals surface area contributed by atoms with Crippen molar-refractivity contribution in [3.05, 3.63) is 63.5 Å². The average molecular weight is 346 g/mol. The van der Waals surface area contributed by atoms with Crippen LogP contribution in [0.1, 0.15) is 0 Å². The summed E-state index contributed by atoms with van der Waals surface area (Å²) in [4.78, 5) is 18.7. The molecule has 0 radical (unpaired) electrons. The predicted molar refractivity (Wildman–Crippen MR) is 80.4 cm³/mol. The summed E-state index contributed by atoms with van der Waals surface area (Å²) in [6, 6.07) is 8.14. The second-order valence-electron chi connectivity index (χ2n) is 4.18. The van der Waals surface area contributed by atoms with E-state index < -0.39 is 4.92 Å². The molecule has 0 spiro atoms. The summed E-state index contributed by atoms with van der Waals surface area (Å²) in [7, 11) is 0. The number of hydrogen-bond donors (Lipinski definition) is 0. The third kappa shape index (κ3) is 2.68. The minimum absolute atomic E-state index is 0.0506. The number of rotatable bonds is 3. The second kappa shape index (κ2) is 5.45. The van der Waals surface area contributed by atoms with Gasteiger partial charge < -0.3 is 4.74 Å². The van der Waals surface area contributed by atoms with Crippen LogP contribution >= 0.6 is 15.9 Å². The smallest absolute Gasteiger partial charge is 0.295 e. The molecule has 0 aliphatic heterocycles. The lowest BCUT2D eigenvalue weighted by Gasteiger charge is -2.08. The Morgan fingerprint density at radius 1 is 1.24 bits per heavy atom. The Hall–Kier alpha value is -2.54. The zero-order chi connectivity index (χ0) is 14.8. The van der Waals surface area contributed by atoms with E-state index in [1.807, 2.05) is 0 Å². The van der Waals surface area contributed by atoms with Crippen molar-refractivity contribution in [2.45, 2.75) is 0 Å². The molecule has 1 aromatic carbocycles. The summed E-state index contributed by atoms with van der Waals surface area (Å²) in [5.74, 6) is 1.02. The van der Waals surface area contributed by atoms with Crippen LogP contribution in [0.4, 0.5) is 5.69 Å². The Kier molecular flexibility index (Phi) is 3.49. The Morgan fingerprint density at radius 3 is 2.86 bits per heavy atom. The number of benzene rings is 1. The first-order chi connectivity index (χ1) is 10.1. The maximum Gasteiger partial charge on any atom is 0.295 e. The van der Waals surface area contributed by atoms with Crippen molar-refractivity contribution in [3.8, 4) is 11.5 Å². The maximum atomic E-state index is 11.0. The van der Waals surface area contributed by atoms with Crippen molar-refractivity contribution in [1.29, 1.82) is 0 Å². The molecule has 3 rings (SSSR count). The molecule has 0 unspecified atom stereocenters. The molecule has 0 amide bonds. The molecule has 104 valence electrons. The van der Waals surface area contributed by atoms with E-state index in [4.69, 9.17) is 4.74 Å². The first-order valence-corrected chi connectivity index (χ1v) is 6.75. The van der Waals surface area contributed by atoms with Gasteiger partial charge in [0, 0.05) is 28.3 Å². The van der Waals surface area contributed by atoms with Crippen LogP contribution in [0.5, 0.6) is 11.5 Å². The summed E-state index contributed by atoms with van der Waals surface area (Å²) >= 11 is 3.31. The highest BCUT2D eigenvalue weighted by atomic mass is 79.9. The number of hydrogen-bond acceptors (Lipinski definition) is 5. The number of aromatic nitrogens is 2. The second-order valence-corrected chi connectivity index (χ2v) is 5.10. The van der Waals surface area contributed by atoms with Crippen molar-refractivity contribution in [2.75, 3.05) is 0 Å². The van der Waals surface area contributed by atoms with Crippen molar-refractivity contribution in [2.24, 2.45) is 0 Å². The van der Waals surface area contributed by atoms with E-state index in [0.717, 1.165) is 4.47 Å². The van der Waals surface area contributed by atoms with Crippen LogP contribution in [0.25, 0.3) is 10.9 Å². The standard InChI is InChI=1S/C14H8BrN3O3/c15-9-6-10(8-16-7-9)21-13-4-3-12(18(19)20)14-11(13)2-1-5-17-14/h1-8H. The van der Waals surface area contributed by atoms with Crippen LogP contribution in [0.2, 0.25) is 0 Å². The van der Waals surface area contributed by atoms with E-state index in [9.17, 15) is 10.1 Å². The molecule has 0 saturated heterocycles. The first-order valence-electron chi connectivity index (χ1n) is 5.95. The molecule has 6 nitrogen and oxygen atoms in total. The van der Waals surface area contributed by atoms with Gasteiger partial charge in [0.25, 0.3) is 5.69 Å². The molecule has 0 aliphatic rings. The molecule has 0 atom stereocenters. The first kappa shape index (κ1) is 13.4. The van der Waals surface area contributed by atoms with Gasteiger partial charge in [0.1, 0.15) is 11.5 Å². The van der Waals surface area contributed by atoms with Gasteiger partial charge in [0.2, 0.25) is 0 Å². The van der Waals surface area contributed by atoms with Gasteiger partial charge in [-0.2, -0.15) is 0 Å². The molecule has 3 aromatic rings. The number of fused-ring (bicyclic) bond motifs is 1. The van der Waals surface area contributed by atoms with Crippen LogP contribution in [0.15, 0.2) is 53.4 Å². The summed E-state index contributed by atoms with van der Waals surface area (Å²) in [5, 5.41) is 11.6. The van der Waals surface area contributed by atoms with Gasteiger partial charge in [-0.15, -0.1) is 0 Å².